The Morgan fingerprint density at radius 3 is 1.22 bits per heavy atom. The number of rotatable bonds is 50. The standard InChI is InChI=1S/C59H104O5/c1-4-7-10-13-16-19-22-25-27-28-29-30-31-33-36-39-42-45-48-51-54-62-55-57(64-59(61)53-50-47-44-41-38-34-24-21-18-15-12-9-6-3)56-63-58(60)52-49-46-43-40-37-35-32-26-23-20-17-14-11-8-5-2/h9,12,17-18,20-21,26,32,34,38,44,47,57H,4-8,10-11,13-16,19,22-25,27-31,33,35-37,39-43,45-46,48-56H2,1-3H3/b12-9-,20-17-,21-18-,32-26-,38-34-,47-44-. The molecule has 0 aromatic rings. The smallest absolute Gasteiger partial charge is 0.306 e. The van der Waals surface area contributed by atoms with Gasteiger partial charge in [0.15, 0.2) is 6.10 Å². The zero-order valence-electron chi connectivity index (χ0n) is 42.5. The van der Waals surface area contributed by atoms with E-state index in [0.717, 1.165) is 70.6 Å². The third-order valence-electron chi connectivity index (χ3n) is 11.7. The Labute approximate surface area is 397 Å². The predicted octanol–water partition coefficient (Wildman–Crippen LogP) is 18.7. The quantitative estimate of drug-likeness (QED) is 0.0346. The van der Waals surface area contributed by atoms with Crippen molar-refractivity contribution in [3.8, 4) is 0 Å². The largest absolute Gasteiger partial charge is 0.462 e. The maximum Gasteiger partial charge on any atom is 0.306 e. The van der Waals surface area contributed by atoms with Crippen LogP contribution in [0.3, 0.4) is 0 Å². The van der Waals surface area contributed by atoms with Crippen molar-refractivity contribution in [3.63, 3.8) is 0 Å². The lowest BCUT2D eigenvalue weighted by molar-refractivity contribution is -0.162. The number of carbonyl (C=O) groups excluding carboxylic acids is 2. The molecule has 0 rings (SSSR count). The first kappa shape index (κ1) is 61.3. The lowest BCUT2D eigenvalue weighted by Crippen LogP contribution is -2.30. The van der Waals surface area contributed by atoms with Crippen LogP contribution in [0.25, 0.3) is 0 Å². The number of esters is 2. The van der Waals surface area contributed by atoms with Crippen LogP contribution in [-0.4, -0.2) is 37.9 Å². The number of allylic oxidation sites excluding steroid dienone is 12. The van der Waals surface area contributed by atoms with Crippen molar-refractivity contribution in [1.29, 1.82) is 0 Å². The molecule has 0 N–H and O–H groups in total. The van der Waals surface area contributed by atoms with E-state index in [0.29, 0.717) is 25.9 Å². The van der Waals surface area contributed by atoms with E-state index in [1.165, 1.54) is 154 Å². The van der Waals surface area contributed by atoms with Crippen molar-refractivity contribution in [2.45, 2.75) is 271 Å². The number of carbonyl (C=O) groups is 2. The molecule has 0 saturated carbocycles. The fourth-order valence-electron chi connectivity index (χ4n) is 7.67. The molecular weight excluding hydrogens is 789 g/mol. The first-order chi connectivity index (χ1) is 31.6. The molecule has 0 aliphatic carbocycles. The van der Waals surface area contributed by atoms with Gasteiger partial charge in [-0.3, -0.25) is 9.59 Å². The molecule has 5 heteroatoms. The van der Waals surface area contributed by atoms with Crippen molar-refractivity contribution in [2.24, 2.45) is 0 Å². The normalized spacial score (nSPS) is 12.7. The monoisotopic (exact) mass is 893 g/mol. The minimum absolute atomic E-state index is 0.0497. The highest BCUT2D eigenvalue weighted by atomic mass is 16.6. The fourth-order valence-corrected chi connectivity index (χ4v) is 7.67. The second-order valence-electron chi connectivity index (χ2n) is 18.1. The molecule has 0 aliphatic rings. The van der Waals surface area contributed by atoms with E-state index in [1.807, 2.05) is 6.08 Å². The molecule has 0 bridgehead atoms. The van der Waals surface area contributed by atoms with Crippen molar-refractivity contribution in [2.75, 3.05) is 19.8 Å². The Balaban J connectivity index is 4.29. The minimum Gasteiger partial charge on any atom is -0.462 e. The fraction of sp³-hybridized carbons (Fsp3) is 0.763. The summed E-state index contributed by atoms with van der Waals surface area (Å²) in [4.78, 5) is 25.4. The lowest BCUT2D eigenvalue weighted by Gasteiger charge is -2.18. The van der Waals surface area contributed by atoms with Gasteiger partial charge in [-0.05, 0) is 77.0 Å². The van der Waals surface area contributed by atoms with E-state index in [1.54, 1.807) is 0 Å². The van der Waals surface area contributed by atoms with E-state index in [4.69, 9.17) is 14.2 Å². The molecule has 0 aromatic carbocycles. The Bertz CT molecular complexity index is 1150. The van der Waals surface area contributed by atoms with E-state index >= 15 is 0 Å². The molecule has 0 aliphatic heterocycles. The third kappa shape index (κ3) is 52.0. The van der Waals surface area contributed by atoms with Crippen LogP contribution in [0, 0.1) is 0 Å². The molecule has 64 heavy (non-hydrogen) atoms. The van der Waals surface area contributed by atoms with Gasteiger partial charge in [-0.25, -0.2) is 0 Å². The molecular formula is C59H104O5. The molecule has 0 aromatic heterocycles. The van der Waals surface area contributed by atoms with Gasteiger partial charge in [-0.1, -0.05) is 248 Å². The van der Waals surface area contributed by atoms with E-state index < -0.39 is 6.10 Å². The zero-order valence-corrected chi connectivity index (χ0v) is 42.5. The van der Waals surface area contributed by atoms with E-state index in [9.17, 15) is 9.59 Å². The summed E-state index contributed by atoms with van der Waals surface area (Å²) in [6.07, 6.45) is 70.8. The van der Waals surface area contributed by atoms with Crippen LogP contribution in [0.1, 0.15) is 265 Å². The van der Waals surface area contributed by atoms with Crippen LogP contribution in [0.4, 0.5) is 0 Å². The summed E-state index contributed by atoms with van der Waals surface area (Å²) in [6, 6.07) is 0. The second-order valence-corrected chi connectivity index (χ2v) is 18.1. The van der Waals surface area contributed by atoms with Gasteiger partial charge < -0.3 is 14.2 Å². The maximum atomic E-state index is 12.8. The summed E-state index contributed by atoms with van der Waals surface area (Å²) in [5, 5.41) is 0. The summed E-state index contributed by atoms with van der Waals surface area (Å²) < 4.78 is 17.4. The Hall–Kier alpha value is -2.66. The second kappa shape index (κ2) is 54.7. The highest BCUT2D eigenvalue weighted by Crippen LogP contribution is 2.16. The maximum absolute atomic E-state index is 12.8. The van der Waals surface area contributed by atoms with Gasteiger partial charge in [-0.2, -0.15) is 0 Å². The molecule has 0 spiro atoms. The first-order valence-corrected chi connectivity index (χ1v) is 27.5. The van der Waals surface area contributed by atoms with Crippen LogP contribution < -0.4 is 0 Å². The van der Waals surface area contributed by atoms with E-state index in [2.05, 4.69) is 87.6 Å². The number of hydrogen-bond donors (Lipinski definition) is 0. The van der Waals surface area contributed by atoms with Crippen LogP contribution in [0.15, 0.2) is 72.9 Å². The Morgan fingerprint density at radius 2 is 0.734 bits per heavy atom. The lowest BCUT2D eigenvalue weighted by atomic mass is 10.0. The molecule has 1 atom stereocenters. The molecule has 0 saturated heterocycles. The van der Waals surface area contributed by atoms with Crippen molar-refractivity contribution < 1.29 is 23.8 Å². The SMILES string of the molecule is CC/C=C\C/C=C\C/C=C\C/C=C\CCC(=O)OC(COCCCCCCCCCCCCCCCCCCCCCC)COC(=O)CCCCCCC/C=C\C/C=C\CCCCC. The van der Waals surface area contributed by atoms with Crippen molar-refractivity contribution in [1.82, 2.24) is 0 Å². The van der Waals surface area contributed by atoms with Crippen LogP contribution in [0.2, 0.25) is 0 Å². The predicted molar refractivity (Wildman–Crippen MR) is 279 cm³/mol. The molecule has 0 heterocycles. The van der Waals surface area contributed by atoms with E-state index in [-0.39, 0.29) is 25.2 Å². The summed E-state index contributed by atoms with van der Waals surface area (Å²) in [6.45, 7) is 7.62. The minimum atomic E-state index is -0.580. The number of unbranched alkanes of at least 4 members (excludes halogenated alkanes) is 27. The molecule has 0 amide bonds. The first-order valence-electron chi connectivity index (χ1n) is 27.5. The van der Waals surface area contributed by atoms with Gasteiger partial charge in [0.2, 0.25) is 0 Å². The molecule has 0 radical (unpaired) electrons. The Morgan fingerprint density at radius 1 is 0.359 bits per heavy atom. The zero-order chi connectivity index (χ0) is 46.3. The average molecular weight is 893 g/mol. The molecule has 0 fully saturated rings. The number of hydrogen-bond acceptors (Lipinski definition) is 5. The Kier molecular flexibility index (Phi) is 52.4. The summed E-state index contributed by atoms with van der Waals surface area (Å²) in [5.74, 6) is -0.500. The highest BCUT2D eigenvalue weighted by Gasteiger charge is 2.17. The van der Waals surface area contributed by atoms with Crippen molar-refractivity contribution >= 4 is 11.9 Å². The van der Waals surface area contributed by atoms with Gasteiger partial charge in [0.05, 0.1) is 6.61 Å². The third-order valence-corrected chi connectivity index (χ3v) is 11.7. The molecule has 5 nitrogen and oxygen atoms in total. The summed E-state index contributed by atoms with van der Waals surface area (Å²) >= 11 is 0. The van der Waals surface area contributed by atoms with Gasteiger partial charge in [0, 0.05) is 19.4 Å². The number of ether oxygens (including phenoxy) is 3. The topological polar surface area (TPSA) is 61.8 Å². The highest BCUT2D eigenvalue weighted by molar-refractivity contribution is 5.70. The van der Waals surface area contributed by atoms with Crippen LogP contribution in [0.5, 0.6) is 0 Å². The average Bonchev–Trinajstić information content (AvgIpc) is 3.30. The van der Waals surface area contributed by atoms with Gasteiger partial charge in [0.1, 0.15) is 6.61 Å². The van der Waals surface area contributed by atoms with Gasteiger partial charge >= 0.3 is 11.9 Å². The van der Waals surface area contributed by atoms with Crippen molar-refractivity contribution in [3.05, 3.63) is 72.9 Å². The van der Waals surface area contributed by atoms with Gasteiger partial charge in [-0.15, -0.1) is 0 Å². The summed E-state index contributed by atoms with van der Waals surface area (Å²) in [5.41, 5.74) is 0. The van der Waals surface area contributed by atoms with Crippen LogP contribution in [-0.2, 0) is 23.8 Å². The summed E-state index contributed by atoms with van der Waals surface area (Å²) in [7, 11) is 0. The molecule has 370 valence electrons. The van der Waals surface area contributed by atoms with Crippen LogP contribution >= 0.6 is 0 Å². The van der Waals surface area contributed by atoms with Gasteiger partial charge in [0.25, 0.3) is 0 Å². The molecule has 1 unspecified atom stereocenters.